The molecule has 0 aromatic heterocycles. The number of anilines is 1. The fraction of sp³-hybridized carbons (Fsp3) is 0.350. The molecule has 0 spiro atoms. The van der Waals surface area contributed by atoms with Crippen molar-refractivity contribution in [2.45, 2.75) is 38.8 Å². The summed E-state index contributed by atoms with van der Waals surface area (Å²) in [5.74, 6) is -0.873. The van der Waals surface area contributed by atoms with Gasteiger partial charge >= 0.3 is 12.1 Å². The smallest absolute Gasteiger partial charge is 0.394 e. The molecule has 0 saturated carbocycles. The summed E-state index contributed by atoms with van der Waals surface area (Å²) in [5.41, 5.74) is 3.74. The summed E-state index contributed by atoms with van der Waals surface area (Å²) >= 11 is 12.4. The zero-order valence-electron chi connectivity index (χ0n) is 15.1. The molecule has 150 valence electrons. The third-order valence-corrected chi connectivity index (χ3v) is 5.32. The number of ether oxygens (including phenoxy) is 1. The molecule has 2 aromatic carbocycles. The second-order valence-electron chi connectivity index (χ2n) is 6.82. The molecule has 0 aliphatic carbocycles. The molecule has 8 heteroatoms. The maximum atomic E-state index is 13.2. The topological polar surface area (TPSA) is 49.8 Å². The van der Waals surface area contributed by atoms with Gasteiger partial charge in [0.1, 0.15) is 5.75 Å². The number of aliphatic carboxylic acids is 1. The van der Waals surface area contributed by atoms with E-state index >= 15 is 0 Å². The van der Waals surface area contributed by atoms with Crippen LogP contribution in [0.1, 0.15) is 30.0 Å². The van der Waals surface area contributed by atoms with Gasteiger partial charge in [-0.25, -0.2) is 0 Å². The summed E-state index contributed by atoms with van der Waals surface area (Å²) in [7, 11) is 0. The first-order valence-electron chi connectivity index (χ1n) is 8.75. The fourth-order valence-electron chi connectivity index (χ4n) is 3.27. The van der Waals surface area contributed by atoms with Crippen LogP contribution in [0.2, 0.25) is 10.0 Å². The number of rotatable bonds is 6. The normalized spacial score (nSPS) is 14.0. The van der Waals surface area contributed by atoms with Gasteiger partial charge in [0.15, 0.2) is 0 Å². The van der Waals surface area contributed by atoms with E-state index < -0.39 is 12.1 Å². The highest BCUT2D eigenvalue weighted by molar-refractivity contribution is 6.43. The van der Waals surface area contributed by atoms with Crippen molar-refractivity contribution in [3.05, 3.63) is 57.1 Å². The van der Waals surface area contributed by atoms with Gasteiger partial charge in [-0.2, -0.15) is 8.78 Å². The number of fused-ring (bicyclic) bond motifs is 1. The Hall–Kier alpha value is -2.05. The molecule has 1 N–H and O–H groups in total. The largest absolute Gasteiger partial charge is 0.481 e. The van der Waals surface area contributed by atoms with Gasteiger partial charge in [0.05, 0.1) is 15.7 Å². The van der Waals surface area contributed by atoms with Gasteiger partial charge in [0, 0.05) is 38.6 Å². The molecular weight excluding hydrogens is 411 g/mol. The molecule has 28 heavy (non-hydrogen) atoms. The van der Waals surface area contributed by atoms with Crippen molar-refractivity contribution in [3.63, 3.8) is 0 Å². The molecule has 1 heterocycles. The van der Waals surface area contributed by atoms with Crippen molar-refractivity contribution in [1.82, 2.24) is 0 Å². The summed E-state index contributed by atoms with van der Waals surface area (Å²) < 4.78 is 31.1. The Kier molecular flexibility index (Phi) is 6.01. The number of aryl methyl sites for hydroxylation is 1. The first-order valence-corrected chi connectivity index (χ1v) is 9.51. The second kappa shape index (κ2) is 8.13. The lowest BCUT2D eigenvalue weighted by Crippen LogP contribution is -2.31. The molecule has 1 aliphatic heterocycles. The summed E-state index contributed by atoms with van der Waals surface area (Å²) in [5, 5.41) is 9.26. The number of benzene rings is 2. The van der Waals surface area contributed by atoms with Crippen LogP contribution in [0.25, 0.3) is 0 Å². The number of carboxylic acid groups (broad SMARTS) is 1. The lowest BCUT2D eigenvalue weighted by Gasteiger charge is -2.32. The molecule has 0 radical (unpaired) electrons. The van der Waals surface area contributed by atoms with Crippen molar-refractivity contribution in [3.8, 4) is 5.75 Å². The third-order valence-electron chi connectivity index (χ3n) is 4.53. The van der Waals surface area contributed by atoms with Crippen LogP contribution < -0.4 is 9.64 Å². The zero-order valence-corrected chi connectivity index (χ0v) is 16.7. The van der Waals surface area contributed by atoms with E-state index in [9.17, 15) is 13.6 Å². The van der Waals surface area contributed by atoms with E-state index in [0.29, 0.717) is 32.1 Å². The third kappa shape index (κ3) is 5.06. The average molecular weight is 430 g/mol. The highest BCUT2D eigenvalue weighted by Gasteiger charge is 2.26. The molecule has 0 atom stereocenters. The van der Waals surface area contributed by atoms with Crippen LogP contribution in [-0.4, -0.2) is 23.7 Å². The minimum absolute atomic E-state index is 0.0493. The van der Waals surface area contributed by atoms with E-state index in [1.807, 2.05) is 23.1 Å². The first-order chi connectivity index (χ1) is 13.1. The van der Waals surface area contributed by atoms with Crippen LogP contribution in [-0.2, 0) is 24.2 Å². The predicted molar refractivity (Wildman–Crippen MR) is 105 cm³/mol. The lowest BCUT2D eigenvalue weighted by molar-refractivity contribution is -0.158. The van der Waals surface area contributed by atoms with Crippen LogP contribution in [0, 0.1) is 0 Å². The Balaban J connectivity index is 1.82. The monoisotopic (exact) mass is 429 g/mol. The quantitative estimate of drug-likeness (QED) is 0.652. The van der Waals surface area contributed by atoms with Crippen LogP contribution >= 0.6 is 23.2 Å². The molecular formula is C20H19Cl2F2NO3. The Morgan fingerprint density at radius 3 is 2.68 bits per heavy atom. The second-order valence-corrected chi connectivity index (χ2v) is 7.60. The van der Waals surface area contributed by atoms with E-state index in [1.54, 1.807) is 0 Å². The first kappa shape index (κ1) is 20.7. The van der Waals surface area contributed by atoms with Crippen molar-refractivity contribution in [2.75, 3.05) is 11.4 Å². The SMILES string of the molecule is CC(F)(F)Oc1cc(Cl)c(Cl)c(N2CCc3cc(CCC(=O)O)ccc3C2)c1. The molecule has 0 bridgehead atoms. The van der Waals surface area contributed by atoms with Gasteiger partial charge in [-0.05, 0) is 29.5 Å². The molecule has 1 aliphatic rings. The fourth-order valence-corrected chi connectivity index (χ4v) is 3.70. The molecule has 3 rings (SSSR count). The highest BCUT2D eigenvalue weighted by atomic mass is 35.5. The van der Waals surface area contributed by atoms with E-state index in [1.165, 1.54) is 12.1 Å². The number of carbonyl (C=O) groups is 1. The van der Waals surface area contributed by atoms with E-state index in [2.05, 4.69) is 4.74 Å². The van der Waals surface area contributed by atoms with E-state index in [4.69, 9.17) is 28.3 Å². The summed E-state index contributed by atoms with van der Waals surface area (Å²) in [6, 6.07) is 8.66. The number of nitrogens with zero attached hydrogens (tertiary/aromatic N) is 1. The Labute approximate surface area is 171 Å². The van der Waals surface area contributed by atoms with Gasteiger partial charge in [-0.15, -0.1) is 0 Å². The van der Waals surface area contributed by atoms with Gasteiger partial charge < -0.3 is 14.7 Å². The van der Waals surface area contributed by atoms with Crippen LogP contribution in [0.5, 0.6) is 5.75 Å². The van der Waals surface area contributed by atoms with Crippen molar-refractivity contribution < 1.29 is 23.4 Å². The predicted octanol–water partition coefficient (Wildman–Crippen LogP) is 5.56. The van der Waals surface area contributed by atoms with Crippen molar-refractivity contribution in [1.29, 1.82) is 0 Å². The van der Waals surface area contributed by atoms with Gasteiger partial charge in [-0.1, -0.05) is 41.4 Å². The van der Waals surface area contributed by atoms with Crippen LogP contribution in [0.4, 0.5) is 14.5 Å². The molecule has 2 aromatic rings. The molecule has 4 nitrogen and oxygen atoms in total. The lowest BCUT2D eigenvalue weighted by atomic mass is 9.95. The van der Waals surface area contributed by atoms with E-state index in [0.717, 1.165) is 23.1 Å². The Morgan fingerprint density at radius 1 is 1.25 bits per heavy atom. The summed E-state index contributed by atoms with van der Waals surface area (Å²) in [4.78, 5) is 12.7. The maximum absolute atomic E-state index is 13.2. The molecule has 0 unspecified atom stereocenters. The zero-order chi connectivity index (χ0) is 20.5. The van der Waals surface area contributed by atoms with Gasteiger partial charge in [0.25, 0.3) is 0 Å². The van der Waals surface area contributed by atoms with Gasteiger partial charge in [-0.3, -0.25) is 4.79 Å². The minimum Gasteiger partial charge on any atom is -0.481 e. The van der Waals surface area contributed by atoms with Gasteiger partial charge in [0.2, 0.25) is 0 Å². The molecule has 0 fully saturated rings. The molecule has 0 amide bonds. The Bertz CT molecular complexity index is 900. The number of halogens is 4. The van der Waals surface area contributed by atoms with Crippen LogP contribution in [0.15, 0.2) is 30.3 Å². The average Bonchev–Trinajstić information content (AvgIpc) is 2.61. The molecule has 0 saturated heterocycles. The highest BCUT2D eigenvalue weighted by Crippen LogP contribution is 2.40. The number of alkyl halides is 2. The van der Waals surface area contributed by atoms with Crippen molar-refractivity contribution >= 4 is 34.9 Å². The Morgan fingerprint density at radius 2 is 2.00 bits per heavy atom. The van der Waals surface area contributed by atoms with Crippen molar-refractivity contribution in [2.24, 2.45) is 0 Å². The number of hydrogen-bond donors (Lipinski definition) is 1. The minimum atomic E-state index is -3.32. The maximum Gasteiger partial charge on any atom is 0.394 e. The van der Waals surface area contributed by atoms with E-state index in [-0.39, 0.29) is 22.2 Å². The summed E-state index contributed by atoms with van der Waals surface area (Å²) in [6.45, 7) is 1.82. The summed E-state index contributed by atoms with van der Waals surface area (Å²) in [6.07, 6.45) is -2.03. The number of hydrogen-bond acceptors (Lipinski definition) is 3. The van der Waals surface area contributed by atoms with Crippen LogP contribution in [0.3, 0.4) is 0 Å². The number of carboxylic acids is 1. The standard InChI is InChI=1S/C20H19Cl2F2NO3/c1-20(23,24)28-15-9-16(21)19(22)17(10-15)25-7-6-13-8-12(3-5-18(26)27)2-4-14(13)11-25/h2,4,8-10H,3,5-7,11H2,1H3,(H,26,27).